The fourth-order valence-corrected chi connectivity index (χ4v) is 2.63. The number of nitrogens with two attached hydrogens (primary N) is 1. The molecule has 7 heteroatoms. The number of hydrogen-bond acceptors (Lipinski definition) is 5. The van der Waals surface area contributed by atoms with Gasteiger partial charge in [-0.15, -0.1) is 11.3 Å². The monoisotopic (exact) mass is 234 g/mol. The van der Waals surface area contributed by atoms with E-state index >= 15 is 0 Å². The molecule has 78 valence electrons. The van der Waals surface area contributed by atoms with Crippen LogP contribution >= 0.6 is 11.3 Å². The van der Waals surface area contributed by atoms with Crippen molar-refractivity contribution >= 4 is 27.1 Å². The summed E-state index contributed by atoms with van der Waals surface area (Å²) in [7, 11) is -3.23. The first-order valence-electron chi connectivity index (χ1n) is 3.82. The fourth-order valence-electron chi connectivity index (χ4n) is 0.823. The molecule has 1 aromatic rings. The molecule has 0 radical (unpaired) electrons. The Hall–Kier alpha value is -0.950. The summed E-state index contributed by atoms with van der Waals surface area (Å²) < 4.78 is 22.2. The first-order chi connectivity index (χ1) is 6.39. The summed E-state index contributed by atoms with van der Waals surface area (Å²) in [5.41, 5.74) is 4.96. The third-order valence-electron chi connectivity index (χ3n) is 1.47. The second kappa shape index (κ2) is 4.05. The van der Waals surface area contributed by atoms with Crippen molar-refractivity contribution in [2.45, 2.75) is 17.2 Å². The number of aryl methyl sites for hydroxylation is 1. The highest BCUT2D eigenvalue weighted by molar-refractivity contribution is 7.92. The number of amides is 1. The van der Waals surface area contributed by atoms with E-state index in [1.165, 1.54) is 6.20 Å². The minimum Gasteiger partial charge on any atom is -0.370 e. The molecule has 0 fully saturated rings. The van der Waals surface area contributed by atoms with Crippen LogP contribution in [0.4, 0.5) is 0 Å². The zero-order chi connectivity index (χ0) is 10.8. The third-order valence-corrected chi connectivity index (χ3v) is 4.22. The number of rotatable bonds is 4. The molecule has 1 rings (SSSR count). The Morgan fingerprint density at radius 1 is 1.64 bits per heavy atom. The normalized spacial score (nSPS) is 11.5. The SMILES string of the molecule is CS(=O)(=O)c1ncc(CCC(N)=O)s1. The molecular formula is C7H10N2O3S2. The maximum absolute atomic E-state index is 11.0. The molecule has 14 heavy (non-hydrogen) atoms. The van der Waals surface area contributed by atoms with Gasteiger partial charge in [-0.2, -0.15) is 0 Å². The number of primary amides is 1. The van der Waals surface area contributed by atoms with Gasteiger partial charge in [-0.1, -0.05) is 0 Å². The van der Waals surface area contributed by atoms with Crippen LogP contribution in [0, 0.1) is 0 Å². The molecule has 0 aliphatic heterocycles. The van der Waals surface area contributed by atoms with Crippen LogP contribution in [0.25, 0.3) is 0 Å². The van der Waals surface area contributed by atoms with E-state index in [9.17, 15) is 13.2 Å². The maximum atomic E-state index is 11.0. The molecule has 0 bridgehead atoms. The van der Waals surface area contributed by atoms with E-state index in [4.69, 9.17) is 5.73 Å². The predicted molar refractivity (Wildman–Crippen MR) is 52.7 cm³/mol. The molecule has 0 spiro atoms. The van der Waals surface area contributed by atoms with Crippen LogP contribution in [0.3, 0.4) is 0 Å². The van der Waals surface area contributed by atoms with Gasteiger partial charge in [0.25, 0.3) is 0 Å². The van der Waals surface area contributed by atoms with Crippen molar-refractivity contribution in [1.82, 2.24) is 4.98 Å². The first-order valence-corrected chi connectivity index (χ1v) is 6.53. The Morgan fingerprint density at radius 2 is 2.29 bits per heavy atom. The van der Waals surface area contributed by atoms with Gasteiger partial charge in [-0.05, 0) is 6.42 Å². The van der Waals surface area contributed by atoms with E-state index < -0.39 is 15.7 Å². The molecule has 0 atom stereocenters. The van der Waals surface area contributed by atoms with Gasteiger partial charge in [0.15, 0.2) is 0 Å². The van der Waals surface area contributed by atoms with Crippen molar-refractivity contribution in [3.8, 4) is 0 Å². The van der Waals surface area contributed by atoms with Gasteiger partial charge in [0.05, 0.1) is 0 Å². The average molecular weight is 234 g/mol. The largest absolute Gasteiger partial charge is 0.370 e. The minimum atomic E-state index is -3.23. The van der Waals surface area contributed by atoms with Crippen molar-refractivity contribution < 1.29 is 13.2 Å². The summed E-state index contributed by atoms with van der Waals surface area (Å²) >= 11 is 1.07. The Balaban J connectivity index is 2.74. The summed E-state index contributed by atoms with van der Waals surface area (Å²) in [6.07, 6.45) is 3.22. The van der Waals surface area contributed by atoms with Gasteiger partial charge in [0.2, 0.25) is 20.1 Å². The van der Waals surface area contributed by atoms with Crippen LogP contribution < -0.4 is 5.73 Å². The van der Waals surface area contributed by atoms with E-state index in [0.717, 1.165) is 22.5 Å². The molecule has 1 heterocycles. The zero-order valence-electron chi connectivity index (χ0n) is 7.56. The van der Waals surface area contributed by atoms with Gasteiger partial charge < -0.3 is 5.73 Å². The highest BCUT2D eigenvalue weighted by Crippen LogP contribution is 2.18. The summed E-state index contributed by atoms with van der Waals surface area (Å²) in [5.74, 6) is -0.403. The van der Waals surface area contributed by atoms with Crippen molar-refractivity contribution in [3.63, 3.8) is 0 Å². The number of nitrogens with zero attached hydrogens (tertiary/aromatic N) is 1. The van der Waals surface area contributed by atoms with Gasteiger partial charge in [-0.25, -0.2) is 13.4 Å². The van der Waals surface area contributed by atoms with Crippen LogP contribution in [0.5, 0.6) is 0 Å². The highest BCUT2D eigenvalue weighted by Gasteiger charge is 2.12. The van der Waals surface area contributed by atoms with E-state index in [0.29, 0.717) is 6.42 Å². The number of carbonyl (C=O) groups excluding carboxylic acids is 1. The lowest BCUT2D eigenvalue weighted by Gasteiger charge is -1.91. The predicted octanol–water partition coefficient (Wildman–Crippen LogP) is -0.0355. The Morgan fingerprint density at radius 3 is 2.71 bits per heavy atom. The zero-order valence-corrected chi connectivity index (χ0v) is 9.19. The summed E-state index contributed by atoms with van der Waals surface area (Å²) in [5, 5.41) is 0. The topological polar surface area (TPSA) is 90.1 Å². The van der Waals surface area contributed by atoms with Crippen LogP contribution in [-0.2, 0) is 21.1 Å². The van der Waals surface area contributed by atoms with Crippen molar-refractivity contribution in [1.29, 1.82) is 0 Å². The van der Waals surface area contributed by atoms with E-state index in [2.05, 4.69) is 4.98 Å². The number of thiazole rings is 1. The van der Waals surface area contributed by atoms with Gasteiger partial charge in [0, 0.05) is 23.8 Å². The molecular weight excluding hydrogens is 224 g/mol. The first kappa shape index (κ1) is 11.1. The molecule has 0 aliphatic rings. The molecule has 1 aromatic heterocycles. The second-order valence-electron chi connectivity index (χ2n) is 2.83. The number of aromatic nitrogens is 1. The van der Waals surface area contributed by atoms with Crippen LogP contribution in [0.2, 0.25) is 0 Å². The highest BCUT2D eigenvalue weighted by atomic mass is 32.2. The third kappa shape index (κ3) is 3.08. The van der Waals surface area contributed by atoms with Crippen LogP contribution in [-0.4, -0.2) is 25.6 Å². The van der Waals surface area contributed by atoms with Gasteiger partial charge in [-0.3, -0.25) is 4.79 Å². The molecule has 5 nitrogen and oxygen atoms in total. The number of hydrogen-bond donors (Lipinski definition) is 1. The fraction of sp³-hybridized carbons (Fsp3) is 0.429. The quantitative estimate of drug-likeness (QED) is 0.791. The van der Waals surface area contributed by atoms with E-state index in [-0.39, 0.29) is 10.8 Å². The van der Waals surface area contributed by atoms with Gasteiger partial charge >= 0.3 is 0 Å². The molecule has 0 saturated carbocycles. The van der Waals surface area contributed by atoms with Crippen molar-refractivity contribution in [2.24, 2.45) is 5.73 Å². The smallest absolute Gasteiger partial charge is 0.217 e. The molecule has 0 aromatic carbocycles. The maximum Gasteiger partial charge on any atom is 0.217 e. The number of sulfone groups is 1. The molecule has 0 aliphatic carbocycles. The molecule has 1 amide bonds. The Bertz CT molecular complexity index is 436. The van der Waals surface area contributed by atoms with Crippen molar-refractivity contribution in [3.05, 3.63) is 11.1 Å². The molecule has 0 unspecified atom stereocenters. The summed E-state index contributed by atoms with van der Waals surface area (Å²) in [6.45, 7) is 0. The standard InChI is InChI=1S/C7H10N2O3S2/c1-14(11,12)7-9-4-5(13-7)2-3-6(8)10/h4H,2-3H2,1H3,(H2,8,10). The lowest BCUT2D eigenvalue weighted by molar-refractivity contribution is -0.117. The second-order valence-corrected chi connectivity index (χ2v) is 6.14. The lowest BCUT2D eigenvalue weighted by atomic mass is 10.3. The lowest BCUT2D eigenvalue weighted by Crippen LogP contribution is -2.10. The van der Waals surface area contributed by atoms with Crippen LogP contribution in [0.15, 0.2) is 10.5 Å². The van der Waals surface area contributed by atoms with E-state index in [1.54, 1.807) is 0 Å². The average Bonchev–Trinajstić information content (AvgIpc) is 2.47. The van der Waals surface area contributed by atoms with E-state index in [1.807, 2.05) is 0 Å². The Labute approximate surface area is 85.9 Å². The summed E-state index contributed by atoms with van der Waals surface area (Å²) in [4.78, 5) is 15.0. The van der Waals surface area contributed by atoms with Gasteiger partial charge in [0.1, 0.15) is 0 Å². The van der Waals surface area contributed by atoms with Crippen molar-refractivity contribution in [2.75, 3.05) is 6.26 Å². The van der Waals surface area contributed by atoms with Crippen LogP contribution in [0.1, 0.15) is 11.3 Å². The number of carbonyl (C=O) groups is 1. The minimum absolute atomic E-state index is 0.0805. The Kier molecular flexibility index (Phi) is 3.22. The molecule has 0 saturated heterocycles. The summed E-state index contributed by atoms with van der Waals surface area (Å²) in [6, 6.07) is 0. The molecule has 2 N–H and O–H groups in total.